The van der Waals surface area contributed by atoms with E-state index in [2.05, 4.69) is 4.74 Å². The van der Waals surface area contributed by atoms with Crippen LogP contribution in [0.5, 0.6) is 0 Å². The number of methoxy groups -OCH3 is 1. The Morgan fingerprint density at radius 3 is 2.25 bits per heavy atom. The van der Waals surface area contributed by atoms with Crippen LogP contribution in [-0.2, 0) is 4.74 Å². The molecular formula is C2H8OSi. The van der Waals surface area contributed by atoms with Crippen molar-refractivity contribution in [2.75, 3.05) is 13.3 Å². The maximum Gasteiger partial charge on any atom is 0.0352 e. The lowest BCUT2D eigenvalue weighted by atomic mass is 11.5. The number of hydrogen-bond donors (Lipinski definition) is 0. The standard InChI is InChI=1S/C2H8OSi/c1-3-2-4/h2H2,1,4H3. The molecule has 0 unspecified atom stereocenters. The predicted molar refractivity (Wildman–Crippen MR) is 21.8 cm³/mol. The van der Waals surface area contributed by atoms with Crippen LogP contribution in [0.15, 0.2) is 0 Å². The Hall–Kier alpha value is 0.177. The molecule has 4 heavy (non-hydrogen) atoms. The fourth-order valence-corrected chi connectivity index (χ4v) is 0. The third-order valence-electron chi connectivity index (χ3n) is 0.289. The molecule has 0 aliphatic carbocycles. The van der Waals surface area contributed by atoms with Crippen molar-refractivity contribution in [1.82, 2.24) is 0 Å². The molecule has 0 aliphatic heterocycles. The zero-order chi connectivity index (χ0) is 3.41. The van der Waals surface area contributed by atoms with Gasteiger partial charge in [0.25, 0.3) is 0 Å². The van der Waals surface area contributed by atoms with E-state index in [0.29, 0.717) is 0 Å². The van der Waals surface area contributed by atoms with Gasteiger partial charge in [0.15, 0.2) is 0 Å². The molecule has 0 fully saturated rings. The van der Waals surface area contributed by atoms with Crippen LogP contribution in [0.2, 0.25) is 0 Å². The lowest BCUT2D eigenvalue weighted by Crippen LogP contribution is -1.80. The van der Waals surface area contributed by atoms with Gasteiger partial charge in [-0.3, -0.25) is 0 Å². The first-order chi connectivity index (χ1) is 1.91. The van der Waals surface area contributed by atoms with Crippen molar-refractivity contribution >= 4 is 10.2 Å². The molecule has 0 spiro atoms. The van der Waals surface area contributed by atoms with Gasteiger partial charge < -0.3 is 4.74 Å². The van der Waals surface area contributed by atoms with E-state index in [1.54, 1.807) is 7.11 Å². The van der Waals surface area contributed by atoms with Crippen LogP contribution in [0.25, 0.3) is 0 Å². The monoisotopic (exact) mass is 76.0 g/mol. The Morgan fingerprint density at radius 2 is 2.25 bits per heavy atom. The second kappa shape index (κ2) is 3.18. The van der Waals surface area contributed by atoms with Gasteiger partial charge in [-0.2, -0.15) is 0 Å². The van der Waals surface area contributed by atoms with E-state index < -0.39 is 0 Å². The van der Waals surface area contributed by atoms with Crippen molar-refractivity contribution in [3.8, 4) is 0 Å². The normalized spacial score (nSPS) is 8.25. The largest absolute Gasteiger partial charge is 0.389 e. The molecule has 0 aliphatic rings. The first-order valence-corrected chi connectivity index (χ1v) is 2.82. The van der Waals surface area contributed by atoms with Crippen molar-refractivity contribution in [2.45, 2.75) is 0 Å². The Morgan fingerprint density at radius 1 is 2.00 bits per heavy atom. The average molecular weight is 76.2 g/mol. The summed E-state index contributed by atoms with van der Waals surface area (Å²) in [6.07, 6.45) is 0.958. The minimum Gasteiger partial charge on any atom is -0.389 e. The fourth-order valence-electron chi connectivity index (χ4n) is 0. The molecule has 0 radical (unpaired) electrons. The van der Waals surface area contributed by atoms with E-state index in [1.807, 2.05) is 0 Å². The smallest absolute Gasteiger partial charge is 0.0352 e. The van der Waals surface area contributed by atoms with E-state index in [1.165, 1.54) is 10.2 Å². The molecule has 0 heterocycles. The van der Waals surface area contributed by atoms with Crippen molar-refractivity contribution in [1.29, 1.82) is 0 Å². The van der Waals surface area contributed by atoms with Gasteiger partial charge in [-0.05, 0) is 0 Å². The minimum atomic E-state index is 0.958. The van der Waals surface area contributed by atoms with Crippen LogP contribution in [-0.4, -0.2) is 23.6 Å². The van der Waals surface area contributed by atoms with Gasteiger partial charge in [0, 0.05) is 23.6 Å². The molecule has 0 atom stereocenters. The molecular weight excluding hydrogens is 68.1 g/mol. The molecule has 0 aromatic carbocycles. The maximum absolute atomic E-state index is 4.60. The van der Waals surface area contributed by atoms with Gasteiger partial charge in [0.2, 0.25) is 0 Å². The molecule has 0 saturated heterocycles. The molecule has 0 saturated carbocycles. The summed E-state index contributed by atoms with van der Waals surface area (Å²) in [6, 6.07) is 0. The predicted octanol–water partition coefficient (Wildman–Crippen LogP) is -1.04. The van der Waals surface area contributed by atoms with Crippen molar-refractivity contribution < 1.29 is 4.74 Å². The zero-order valence-electron chi connectivity index (χ0n) is 3.12. The highest BCUT2D eigenvalue weighted by Crippen LogP contribution is 1.45. The van der Waals surface area contributed by atoms with Crippen LogP contribution in [0.1, 0.15) is 0 Å². The number of hydrogen-bond acceptors (Lipinski definition) is 1. The summed E-state index contributed by atoms with van der Waals surface area (Å²) < 4.78 is 4.60. The van der Waals surface area contributed by atoms with Crippen LogP contribution >= 0.6 is 0 Å². The second-order valence-corrected chi connectivity index (χ2v) is 1.15. The van der Waals surface area contributed by atoms with Crippen molar-refractivity contribution in [2.24, 2.45) is 0 Å². The van der Waals surface area contributed by atoms with Crippen molar-refractivity contribution in [3.63, 3.8) is 0 Å². The van der Waals surface area contributed by atoms with E-state index in [4.69, 9.17) is 0 Å². The molecule has 0 N–H and O–H groups in total. The van der Waals surface area contributed by atoms with E-state index in [0.717, 1.165) is 6.23 Å². The highest BCUT2D eigenvalue weighted by Gasteiger charge is 1.52. The molecule has 0 amide bonds. The highest BCUT2D eigenvalue weighted by atomic mass is 28.1. The molecule has 0 rings (SSSR count). The molecule has 1 nitrogen and oxygen atoms in total. The Bertz CT molecular complexity index is 8.00. The van der Waals surface area contributed by atoms with Crippen molar-refractivity contribution in [3.05, 3.63) is 0 Å². The first-order valence-electron chi connectivity index (χ1n) is 1.40. The van der Waals surface area contributed by atoms with Crippen LogP contribution < -0.4 is 0 Å². The van der Waals surface area contributed by atoms with Gasteiger partial charge in [-0.1, -0.05) is 0 Å². The minimum absolute atomic E-state index is 0.958. The third-order valence-corrected chi connectivity index (χ3v) is 0.866. The Kier molecular flexibility index (Phi) is 3.32. The molecule has 0 bridgehead atoms. The molecule has 0 aromatic heterocycles. The van der Waals surface area contributed by atoms with E-state index in [-0.39, 0.29) is 0 Å². The van der Waals surface area contributed by atoms with E-state index >= 15 is 0 Å². The molecule has 0 aromatic rings. The summed E-state index contributed by atoms with van der Waals surface area (Å²) in [4.78, 5) is 0. The molecule has 2 heteroatoms. The summed E-state index contributed by atoms with van der Waals surface area (Å²) in [7, 11) is 2.88. The summed E-state index contributed by atoms with van der Waals surface area (Å²) in [5.41, 5.74) is 0. The van der Waals surface area contributed by atoms with Gasteiger partial charge in [-0.15, -0.1) is 0 Å². The van der Waals surface area contributed by atoms with Crippen LogP contribution in [0, 0.1) is 0 Å². The number of ether oxygens (including phenoxy) is 1. The fraction of sp³-hybridized carbons (Fsp3) is 1.00. The van der Waals surface area contributed by atoms with E-state index in [9.17, 15) is 0 Å². The van der Waals surface area contributed by atoms with Gasteiger partial charge in [0.1, 0.15) is 0 Å². The third kappa shape index (κ3) is 2.18. The summed E-state index contributed by atoms with van der Waals surface area (Å²) in [6.45, 7) is 0. The Balaban J connectivity index is 1.97. The zero-order valence-corrected chi connectivity index (χ0v) is 5.12. The molecule has 26 valence electrons. The van der Waals surface area contributed by atoms with Gasteiger partial charge >= 0.3 is 0 Å². The Labute approximate surface area is 29.4 Å². The summed E-state index contributed by atoms with van der Waals surface area (Å²) in [5, 5.41) is 0. The lowest BCUT2D eigenvalue weighted by molar-refractivity contribution is 0.254. The SMILES string of the molecule is COC[SiH3]. The maximum atomic E-state index is 4.60. The van der Waals surface area contributed by atoms with Crippen LogP contribution in [0.3, 0.4) is 0 Å². The first kappa shape index (κ1) is 4.18. The highest BCUT2D eigenvalue weighted by molar-refractivity contribution is 6.08. The summed E-state index contributed by atoms with van der Waals surface area (Å²) >= 11 is 0. The second-order valence-electron chi connectivity index (χ2n) is 0.577. The average Bonchev–Trinajstić information content (AvgIpc) is 1.37. The van der Waals surface area contributed by atoms with Crippen LogP contribution in [0.4, 0.5) is 0 Å². The van der Waals surface area contributed by atoms with Gasteiger partial charge in [-0.25, -0.2) is 0 Å². The lowest BCUT2D eigenvalue weighted by Gasteiger charge is -1.76. The number of rotatable bonds is 1. The quantitative estimate of drug-likeness (QED) is 0.362. The summed E-state index contributed by atoms with van der Waals surface area (Å²) in [5.74, 6) is 0. The van der Waals surface area contributed by atoms with Gasteiger partial charge in [0.05, 0.1) is 0 Å². The topological polar surface area (TPSA) is 9.23 Å².